The van der Waals surface area contributed by atoms with E-state index in [4.69, 9.17) is 5.11 Å². The van der Waals surface area contributed by atoms with Gasteiger partial charge in [0.05, 0.1) is 10.2 Å². The van der Waals surface area contributed by atoms with Crippen LogP contribution in [-0.4, -0.2) is 26.6 Å². The van der Waals surface area contributed by atoms with Crippen LogP contribution in [0.15, 0.2) is 17.8 Å². The summed E-state index contributed by atoms with van der Waals surface area (Å²) in [5, 5.41) is 13.8. The predicted octanol–water partition coefficient (Wildman–Crippen LogP) is 1.97. The van der Waals surface area contributed by atoms with Gasteiger partial charge in [-0.2, -0.15) is 0 Å². The molecular weight excluding hydrogens is 226 g/mol. The minimum Gasteiger partial charge on any atom is -0.480 e. The molecule has 0 fully saturated rings. The van der Waals surface area contributed by atoms with Gasteiger partial charge in [-0.3, -0.25) is 0 Å². The van der Waals surface area contributed by atoms with Gasteiger partial charge in [0.1, 0.15) is 17.7 Å². The SMILES string of the molecule is CC(C)(Nc1ncnc2ccsc12)C(=O)O. The Kier molecular flexibility index (Phi) is 2.51. The Morgan fingerprint density at radius 3 is 2.94 bits per heavy atom. The third kappa shape index (κ3) is 1.83. The van der Waals surface area contributed by atoms with E-state index in [9.17, 15) is 4.79 Å². The van der Waals surface area contributed by atoms with Crippen molar-refractivity contribution in [3.05, 3.63) is 17.8 Å². The second-order valence-electron chi connectivity index (χ2n) is 3.91. The Hall–Kier alpha value is -1.69. The number of carboxylic acids is 1. The highest BCUT2D eigenvalue weighted by atomic mass is 32.1. The van der Waals surface area contributed by atoms with Gasteiger partial charge in [0.2, 0.25) is 0 Å². The molecule has 84 valence electrons. The Labute approximate surface area is 96.2 Å². The molecule has 0 atom stereocenters. The van der Waals surface area contributed by atoms with E-state index < -0.39 is 11.5 Å². The minimum absolute atomic E-state index is 0.562. The van der Waals surface area contributed by atoms with Crippen LogP contribution in [0.1, 0.15) is 13.8 Å². The maximum Gasteiger partial charge on any atom is 0.328 e. The van der Waals surface area contributed by atoms with E-state index >= 15 is 0 Å². The number of fused-ring (bicyclic) bond motifs is 1. The molecule has 2 aromatic heterocycles. The van der Waals surface area contributed by atoms with Crippen molar-refractivity contribution in [1.82, 2.24) is 9.97 Å². The average molecular weight is 237 g/mol. The number of nitrogens with one attached hydrogen (secondary N) is 1. The molecule has 0 radical (unpaired) electrons. The molecule has 0 aliphatic heterocycles. The summed E-state index contributed by atoms with van der Waals surface area (Å²) < 4.78 is 0.872. The lowest BCUT2D eigenvalue weighted by Gasteiger charge is -2.21. The topological polar surface area (TPSA) is 75.1 Å². The Morgan fingerprint density at radius 2 is 2.25 bits per heavy atom. The van der Waals surface area contributed by atoms with Gasteiger partial charge in [-0.15, -0.1) is 11.3 Å². The smallest absolute Gasteiger partial charge is 0.328 e. The standard InChI is InChI=1S/C10H11N3O2S/c1-10(2,9(14)15)13-8-7-6(3-4-16-7)11-5-12-8/h3-5H,1-2H3,(H,14,15)(H,11,12,13). The van der Waals surface area contributed by atoms with Crippen molar-refractivity contribution in [3.8, 4) is 0 Å². The molecule has 2 heterocycles. The van der Waals surface area contributed by atoms with E-state index in [-0.39, 0.29) is 0 Å². The molecule has 0 amide bonds. The molecule has 0 saturated carbocycles. The fraction of sp³-hybridized carbons (Fsp3) is 0.300. The minimum atomic E-state index is -1.05. The number of carboxylic acid groups (broad SMARTS) is 1. The van der Waals surface area contributed by atoms with Gasteiger partial charge >= 0.3 is 5.97 Å². The van der Waals surface area contributed by atoms with Gasteiger partial charge in [-0.05, 0) is 25.3 Å². The van der Waals surface area contributed by atoms with Crippen molar-refractivity contribution in [3.63, 3.8) is 0 Å². The normalized spacial score (nSPS) is 11.6. The van der Waals surface area contributed by atoms with Crippen molar-refractivity contribution in [2.45, 2.75) is 19.4 Å². The maximum absolute atomic E-state index is 11.0. The van der Waals surface area contributed by atoms with E-state index in [0.717, 1.165) is 10.2 Å². The number of carbonyl (C=O) groups is 1. The quantitative estimate of drug-likeness (QED) is 0.853. The molecule has 5 nitrogen and oxygen atoms in total. The molecule has 0 aromatic carbocycles. The molecule has 0 unspecified atom stereocenters. The first kappa shape index (κ1) is 10.8. The molecule has 2 N–H and O–H groups in total. The fourth-order valence-electron chi connectivity index (χ4n) is 1.23. The fourth-order valence-corrected chi connectivity index (χ4v) is 2.02. The second kappa shape index (κ2) is 3.71. The molecule has 0 saturated heterocycles. The number of thiophene rings is 1. The monoisotopic (exact) mass is 237 g/mol. The van der Waals surface area contributed by atoms with Crippen molar-refractivity contribution >= 4 is 33.3 Å². The van der Waals surface area contributed by atoms with Crippen molar-refractivity contribution in [2.24, 2.45) is 0 Å². The summed E-state index contributed by atoms with van der Waals surface area (Å²) in [6, 6.07) is 1.88. The largest absolute Gasteiger partial charge is 0.480 e. The van der Waals surface area contributed by atoms with Crippen LogP contribution in [0, 0.1) is 0 Å². The van der Waals surface area contributed by atoms with Crippen molar-refractivity contribution < 1.29 is 9.90 Å². The number of aliphatic carboxylic acids is 1. The average Bonchev–Trinajstić information content (AvgIpc) is 2.65. The third-order valence-electron chi connectivity index (χ3n) is 2.21. The van der Waals surface area contributed by atoms with Crippen molar-refractivity contribution in [1.29, 1.82) is 0 Å². The first-order chi connectivity index (χ1) is 7.50. The van der Waals surface area contributed by atoms with Gasteiger partial charge in [0.15, 0.2) is 0 Å². The third-order valence-corrected chi connectivity index (χ3v) is 3.12. The van der Waals surface area contributed by atoms with Crippen LogP contribution in [0.25, 0.3) is 10.2 Å². The molecule has 2 aromatic rings. The number of hydrogen-bond acceptors (Lipinski definition) is 5. The molecule has 0 aliphatic carbocycles. The van der Waals surface area contributed by atoms with Crippen LogP contribution < -0.4 is 5.32 Å². The molecule has 0 aliphatic rings. The zero-order valence-corrected chi connectivity index (χ0v) is 9.71. The van der Waals surface area contributed by atoms with Crippen LogP contribution >= 0.6 is 11.3 Å². The first-order valence-corrected chi connectivity index (χ1v) is 5.58. The highest BCUT2D eigenvalue weighted by Crippen LogP contribution is 2.26. The van der Waals surface area contributed by atoms with E-state index in [1.54, 1.807) is 13.8 Å². The lowest BCUT2D eigenvalue weighted by molar-refractivity contribution is -0.141. The van der Waals surface area contributed by atoms with Gasteiger partial charge in [-0.25, -0.2) is 14.8 Å². The van der Waals surface area contributed by atoms with Gasteiger partial charge in [-0.1, -0.05) is 0 Å². The summed E-state index contributed by atoms with van der Waals surface area (Å²) in [5.74, 6) is -0.358. The van der Waals surface area contributed by atoms with Crippen LogP contribution in [0.2, 0.25) is 0 Å². The van der Waals surface area contributed by atoms with E-state index in [2.05, 4.69) is 15.3 Å². The molecule has 0 spiro atoms. The van der Waals surface area contributed by atoms with E-state index in [0.29, 0.717) is 5.82 Å². The summed E-state index contributed by atoms with van der Waals surface area (Å²) in [7, 11) is 0. The zero-order chi connectivity index (χ0) is 11.8. The van der Waals surface area contributed by atoms with Gasteiger partial charge < -0.3 is 10.4 Å². The molecule has 6 heteroatoms. The van der Waals surface area contributed by atoms with Crippen LogP contribution in [0.5, 0.6) is 0 Å². The van der Waals surface area contributed by atoms with Gasteiger partial charge in [0, 0.05) is 0 Å². The number of hydrogen-bond donors (Lipinski definition) is 2. The zero-order valence-electron chi connectivity index (χ0n) is 8.89. The highest BCUT2D eigenvalue weighted by molar-refractivity contribution is 7.17. The Bertz CT molecular complexity index is 536. The molecule has 2 rings (SSSR count). The summed E-state index contributed by atoms with van der Waals surface area (Å²) in [5.41, 5.74) is -0.227. The van der Waals surface area contributed by atoms with Crippen LogP contribution in [0.3, 0.4) is 0 Å². The Morgan fingerprint density at radius 1 is 1.50 bits per heavy atom. The lowest BCUT2D eigenvalue weighted by atomic mass is 10.1. The molecule has 0 bridgehead atoms. The molecule has 16 heavy (non-hydrogen) atoms. The summed E-state index contributed by atoms with van der Waals surface area (Å²) >= 11 is 1.49. The van der Waals surface area contributed by atoms with E-state index in [1.807, 2.05) is 11.4 Å². The number of anilines is 1. The maximum atomic E-state index is 11.0. The van der Waals surface area contributed by atoms with Gasteiger partial charge in [0.25, 0.3) is 0 Å². The Balaban J connectivity index is 2.41. The number of rotatable bonds is 3. The summed E-state index contributed by atoms with van der Waals surface area (Å²) in [6.45, 7) is 3.19. The van der Waals surface area contributed by atoms with Crippen LogP contribution in [-0.2, 0) is 4.79 Å². The predicted molar refractivity (Wildman–Crippen MR) is 62.8 cm³/mol. The van der Waals surface area contributed by atoms with Crippen LogP contribution in [0.4, 0.5) is 5.82 Å². The second-order valence-corrected chi connectivity index (χ2v) is 4.83. The first-order valence-electron chi connectivity index (χ1n) is 4.70. The van der Waals surface area contributed by atoms with Crippen molar-refractivity contribution in [2.75, 3.05) is 5.32 Å². The lowest BCUT2D eigenvalue weighted by Crippen LogP contribution is -2.40. The number of aromatic nitrogens is 2. The summed E-state index contributed by atoms with van der Waals surface area (Å²) in [6.07, 6.45) is 1.43. The summed E-state index contributed by atoms with van der Waals surface area (Å²) in [4.78, 5) is 19.2. The number of nitrogens with zero attached hydrogens (tertiary/aromatic N) is 2. The van der Waals surface area contributed by atoms with E-state index in [1.165, 1.54) is 17.7 Å². The molecular formula is C10H11N3O2S. The highest BCUT2D eigenvalue weighted by Gasteiger charge is 2.27.